The van der Waals surface area contributed by atoms with Gasteiger partial charge in [0, 0.05) is 19.3 Å². The van der Waals surface area contributed by atoms with Gasteiger partial charge in [0.05, 0.1) is 0 Å². The van der Waals surface area contributed by atoms with Crippen molar-refractivity contribution >= 4 is 17.9 Å². The van der Waals surface area contributed by atoms with Crippen LogP contribution >= 0.6 is 0 Å². The van der Waals surface area contributed by atoms with E-state index in [1.807, 2.05) is 0 Å². The van der Waals surface area contributed by atoms with Gasteiger partial charge in [-0.05, 0) is 122 Å². The molecule has 0 amide bonds. The van der Waals surface area contributed by atoms with Crippen LogP contribution in [0.4, 0.5) is 0 Å². The highest BCUT2D eigenvalue weighted by molar-refractivity contribution is 5.71. The maximum atomic E-state index is 12.8. The molecule has 0 radical (unpaired) electrons. The largest absolute Gasteiger partial charge is 0.462 e. The summed E-state index contributed by atoms with van der Waals surface area (Å²) >= 11 is 0. The first-order chi connectivity index (χ1) is 33.0. The molecular weight excluding hydrogens is 829 g/mol. The van der Waals surface area contributed by atoms with E-state index >= 15 is 0 Å². The van der Waals surface area contributed by atoms with Gasteiger partial charge in [0.15, 0.2) is 6.10 Å². The van der Waals surface area contributed by atoms with Gasteiger partial charge in [0.2, 0.25) is 0 Å². The predicted molar refractivity (Wildman–Crippen MR) is 288 cm³/mol. The van der Waals surface area contributed by atoms with Gasteiger partial charge in [-0.15, -0.1) is 0 Å². The Morgan fingerprint density at radius 2 is 0.597 bits per heavy atom. The van der Waals surface area contributed by atoms with Gasteiger partial charge in [-0.2, -0.15) is 0 Å². The van der Waals surface area contributed by atoms with Crippen LogP contribution in [0.2, 0.25) is 0 Å². The zero-order valence-corrected chi connectivity index (χ0v) is 43.4. The lowest BCUT2D eigenvalue weighted by atomic mass is 10.1. The lowest BCUT2D eigenvalue weighted by Gasteiger charge is -2.18. The minimum absolute atomic E-state index is 0.105. The Labute approximate surface area is 412 Å². The SMILES string of the molecule is CC/C=C\C/C=C\C/C=C\C/C=C\C/C=C\C/C=C\C/C=C\CCCC(=O)OCC(COC(=O)CCCCCCC/C=C\CCCCCC)OC(=O)CCCCCCC/C=C\CCCCCC. The average Bonchev–Trinajstić information content (AvgIpc) is 3.33. The summed E-state index contributed by atoms with van der Waals surface area (Å²) in [6.45, 7) is 6.42. The Kier molecular flexibility index (Phi) is 51.5. The summed E-state index contributed by atoms with van der Waals surface area (Å²) in [5.41, 5.74) is 0. The quantitative estimate of drug-likeness (QED) is 0.0262. The first kappa shape index (κ1) is 63.1. The number of carbonyl (C=O) groups excluding carboxylic acids is 3. The van der Waals surface area contributed by atoms with Crippen molar-refractivity contribution in [1.29, 1.82) is 0 Å². The van der Waals surface area contributed by atoms with Gasteiger partial charge in [-0.1, -0.05) is 207 Å². The van der Waals surface area contributed by atoms with E-state index in [1.165, 1.54) is 77.0 Å². The number of hydrogen-bond donors (Lipinski definition) is 0. The van der Waals surface area contributed by atoms with E-state index in [-0.39, 0.29) is 37.5 Å². The first-order valence-electron chi connectivity index (χ1n) is 27.4. The first-order valence-corrected chi connectivity index (χ1v) is 27.4. The van der Waals surface area contributed by atoms with Crippen LogP contribution in [0.3, 0.4) is 0 Å². The number of allylic oxidation sites excluding steroid dienone is 18. The van der Waals surface area contributed by atoms with Crippen LogP contribution in [0.15, 0.2) is 109 Å². The molecule has 0 fully saturated rings. The molecular formula is C61H100O6. The molecule has 0 rings (SSSR count). The summed E-state index contributed by atoms with van der Waals surface area (Å²) in [6, 6.07) is 0. The molecule has 0 saturated heterocycles. The van der Waals surface area contributed by atoms with Crippen molar-refractivity contribution in [2.75, 3.05) is 13.2 Å². The van der Waals surface area contributed by atoms with Crippen molar-refractivity contribution in [3.8, 4) is 0 Å². The fourth-order valence-corrected chi connectivity index (χ4v) is 7.13. The lowest BCUT2D eigenvalue weighted by molar-refractivity contribution is -0.167. The number of esters is 3. The zero-order valence-electron chi connectivity index (χ0n) is 43.4. The third-order valence-electron chi connectivity index (χ3n) is 11.2. The molecule has 0 aromatic rings. The van der Waals surface area contributed by atoms with Gasteiger partial charge in [-0.25, -0.2) is 0 Å². The highest BCUT2D eigenvalue weighted by Crippen LogP contribution is 2.13. The maximum Gasteiger partial charge on any atom is 0.306 e. The standard InChI is InChI=1S/C61H100O6/c1-4-7-10-13-16-19-22-25-26-27-28-29-30-31-32-33-34-37-39-42-45-48-51-54-60(63)66-57-58(67-61(64)55-52-49-46-43-40-36-24-21-18-15-12-9-6-3)56-65-59(62)53-50-47-44-41-38-35-23-20-17-14-11-8-5-2/h7,10,16,19-21,23-26,28-29,31-32,34,37,42,45,58H,4-6,8-9,11-15,17-18,22,27,30,33,35-36,38-41,43-44,46-57H2,1-3H3/b10-7-,19-16-,23-20-,24-21-,26-25-,29-28-,32-31-,37-34-,45-42-. The number of carbonyl (C=O) groups is 3. The third-order valence-corrected chi connectivity index (χ3v) is 11.2. The summed E-state index contributed by atoms with van der Waals surface area (Å²) in [4.78, 5) is 38.0. The van der Waals surface area contributed by atoms with E-state index in [0.717, 1.165) is 116 Å². The summed E-state index contributed by atoms with van der Waals surface area (Å²) in [7, 11) is 0. The van der Waals surface area contributed by atoms with E-state index in [4.69, 9.17) is 14.2 Å². The molecule has 6 nitrogen and oxygen atoms in total. The number of unbranched alkanes of at least 4 members (excludes halogenated alkanes) is 19. The minimum atomic E-state index is -0.810. The van der Waals surface area contributed by atoms with Gasteiger partial charge in [-0.3, -0.25) is 14.4 Å². The molecule has 0 bridgehead atoms. The minimum Gasteiger partial charge on any atom is -0.462 e. The molecule has 0 aromatic heterocycles. The number of rotatable bonds is 48. The second-order valence-electron chi connectivity index (χ2n) is 17.7. The fraction of sp³-hybridized carbons (Fsp3) is 0.656. The zero-order chi connectivity index (χ0) is 48.6. The van der Waals surface area contributed by atoms with Crippen LogP contribution in [0.25, 0.3) is 0 Å². The molecule has 0 aliphatic carbocycles. The molecule has 0 N–H and O–H groups in total. The van der Waals surface area contributed by atoms with Crippen LogP contribution in [0, 0.1) is 0 Å². The Morgan fingerprint density at radius 1 is 0.313 bits per heavy atom. The molecule has 67 heavy (non-hydrogen) atoms. The third kappa shape index (κ3) is 52.9. The molecule has 1 atom stereocenters. The van der Waals surface area contributed by atoms with Gasteiger partial charge >= 0.3 is 17.9 Å². The van der Waals surface area contributed by atoms with E-state index < -0.39 is 6.10 Å². The van der Waals surface area contributed by atoms with Crippen LogP contribution in [-0.2, 0) is 28.6 Å². The van der Waals surface area contributed by atoms with Gasteiger partial charge in [0.1, 0.15) is 13.2 Å². The van der Waals surface area contributed by atoms with E-state index in [9.17, 15) is 14.4 Å². The van der Waals surface area contributed by atoms with Gasteiger partial charge in [0.25, 0.3) is 0 Å². The maximum absolute atomic E-state index is 12.8. The van der Waals surface area contributed by atoms with Crippen LogP contribution in [0.5, 0.6) is 0 Å². The topological polar surface area (TPSA) is 78.9 Å². The summed E-state index contributed by atoms with van der Waals surface area (Å²) in [5.74, 6) is -0.987. The van der Waals surface area contributed by atoms with Crippen molar-refractivity contribution in [2.24, 2.45) is 0 Å². The Morgan fingerprint density at radius 3 is 0.985 bits per heavy atom. The lowest BCUT2D eigenvalue weighted by Crippen LogP contribution is -2.30. The van der Waals surface area contributed by atoms with Crippen LogP contribution in [-0.4, -0.2) is 37.2 Å². The normalized spacial score (nSPS) is 12.9. The smallest absolute Gasteiger partial charge is 0.306 e. The Bertz CT molecular complexity index is 1390. The summed E-state index contributed by atoms with van der Waals surface area (Å²) < 4.78 is 16.7. The number of ether oxygens (including phenoxy) is 3. The summed E-state index contributed by atoms with van der Waals surface area (Å²) in [6.07, 6.45) is 73.6. The second kappa shape index (κ2) is 54.7. The van der Waals surface area contributed by atoms with Crippen molar-refractivity contribution < 1.29 is 28.6 Å². The van der Waals surface area contributed by atoms with Crippen LogP contribution in [0.1, 0.15) is 239 Å². The molecule has 380 valence electrons. The number of hydrogen-bond acceptors (Lipinski definition) is 6. The molecule has 0 aliphatic rings. The van der Waals surface area contributed by atoms with Crippen molar-refractivity contribution in [3.63, 3.8) is 0 Å². The Hall–Kier alpha value is -3.93. The molecule has 0 saturated carbocycles. The highest BCUT2D eigenvalue weighted by Gasteiger charge is 2.19. The molecule has 0 spiro atoms. The van der Waals surface area contributed by atoms with E-state index in [1.54, 1.807) is 0 Å². The monoisotopic (exact) mass is 929 g/mol. The highest BCUT2D eigenvalue weighted by atomic mass is 16.6. The predicted octanol–water partition coefficient (Wildman–Crippen LogP) is 18.3. The van der Waals surface area contributed by atoms with Crippen LogP contribution < -0.4 is 0 Å². The molecule has 1 unspecified atom stereocenters. The molecule has 0 aromatic carbocycles. The van der Waals surface area contributed by atoms with E-state index in [2.05, 4.69) is 130 Å². The second-order valence-corrected chi connectivity index (χ2v) is 17.7. The molecule has 0 heterocycles. The fourth-order valence-electron chi connectivity index (χ4n) is 7.13. The van der Waals surface area contributed by atoms with Crippen molar-refractivity contribution in [3.05, 3.63) is 109 Å². The average molecular weight is 929 g/mol. The molecule has 6 heteroatoms. The summed E-state index contributed by atoms with van der Waals surface area (Å²) in [5, 5.41) is 0. The van der Waals surface area contributed by atoms with Gasteiger partial charge < -0.3 is 14.2 Å². The van der Waals surface area contributed by atoms with E-state index in [0.29, 0.717) is 19.3 Å². The van der Waals surface area contributed by atoms with Crippen molar-refractivity contribution in [2.45, 2.75) is 245 Å². The Balaban J connectivity index is 4.48. The molecule has 0 aliphatic heterocycles. The van der Waals surface area contributed by atoms with Crippen molar-refractivity contribution in [1.82, 2.24) is 0 Å².